The van der Waals surface area contributed by atoms with Crippen LogP contribution in [0.4, 0.5) is 0 Å². The molecule has 0 heterocycles. The second kappa shape index (κ2) is 6.43. The maximum absolute atomic E-state index is 10.7. The van der Waals surface area contributed by atoms with E-state index in [4.69, 9.17) is 0 Å². The third-order valence-corrected chi connectivity index (χ3v) is 5.23. The first-order valence-electron chi connectivity index (χ1n) is 9.23. The maximum atomic E-state index is 10.7. The lowest BCUT2D eigenvalue weighted by molar-refractivity contribution is 0.463. The zero-order valence-electron chi connectivity index (χ0n) is 15.1. The van der Waals surface area contributed by atoms with Crippen molar-refractivity contribution in [1.29, 1.82) is 0 Å². The second-order valence-electron chi connectivity index (χ2n) is 7.01. The summed E-state index contributed by atoms with van der Waals surface area (Å²) in [6.45, 7) is 0. The average Bonchev–Trinajstić information content (AvgIpc) is 2.74. The Balaban J connectivity index is 1.62. The quantitative estimate of drug-likeness (QED) is 0.341. The topological polar surface area (TPSA) is 40.5 Å². The van der Waals surface area contributed by atoms with Gasteiger partial charge < -0.3 is 10.2 Å². The molecule has 5 aromatic rings. The highest BCUT2D eigenvalue weighted by Crippen LogP contribution is 2.40. The molecule has 0 bridgehead atoms. The Bertz CT molecular complexity index is 1230. The van der Waals surface area contributed by atoms with Gasteiger partial charge in [0.1, 0.15) is 11.5 Å². The fourth-order valence-electron chi connectivity index (χ4n) is 3.75. The van der Waals surface area contributed by atoms with Gasteiger partial charge in [0.25, 0.3) is 0 Å². The predicted octanol–water partition coefficient (Wildman–Crippen LogP) is 6.74. The zero-order chi connectivity index (χ0) is 19.1. The van der Waals surface area contributed by atoms with Gasteiger partial charge in [0, 0.05) is 11.1 Å². The fourth-order valence-corrected chi connectivity index (χ4v) is 3.75. The minimum Gasteiger partial charge on any atom is -0.507 e. The van der Waals surface area contributed by atoms with Crippen molar-refractivity contribution >= 4 is 21.5 Å². The second-order valence-corrected chi connectivity index (χ2v) is 7.01. The van der Waals surface area contributed by atoms with Crippen LogP contribution in [-0.4, -0.2) is 10.2 Å². The van der Waals surface area contributed by atoms with Crippen LogP contribution in [0.1, 0.15) is 0 Å². The SMILES string of the molecule is Oc1cc(-c2ccc3ccccc3c2)c(O)cc1-c1ccc2ccccc2c1. The van der Waals surface area contributed by atoms with Crippen LogP contribution in [0.25, 0.3) is 43.8 Å². The van der Waals surface area contributed by atoms with Crippen LogP contribution in [0.2, 0.25) is 0 Å². The number of aromatic hydroxyl groups is 2. The Morgan fingerprint density at radius 1 is 0.393 bits per heavy atom. The summed E-state index contributed by atoms with van der Waals surface area (Å²) in [7, 11) is 0. The molecular weight excluding hydrogens is 344 g/mol. The van der Waals surface area contributed by atoms with Crippen molar-refractivity contribution in [3.63, 3.8) is 0 Å². The van der Waals surface area contributed by atoms with Gasteiger partial charge in [-0.1, -0.05) is 72.8 Å². The Hall–Kier alpha value is -3.78. The molecular formula is C26H18O2. The molecule has 28 heavy (non-hydrogen) atoms. The Morgan fingerprint density at radius 3 is 1.21 bits per heavy atom. The summed E-state index contributed by atoms with van der Waals surface area (Å²) >= 11 is 0. The largest absolute Gasteiger partial charge is 0.507 e. The first-order valence-corrected chi connectivity index (χ1v) is 9.23. The molecule has 0 atom stereocenters. The summed E-state index contributed by atoms with van der Waals surface area (Å²) in [5, 5.41) is 25.9. The molecule has 5 rings (SSSR count). The molecule has 0 aliphatic heterocycles. The molecule has 134 valence electrons. The lowest BCUT2D eigenvalue weighted by atomic mass is 9.95. The standard InChI is InChI=1S/C26H18O2/c27-25-16-24(22-12-10-18-6-2-4-8-20(18)14-22)26(28)15-23(25)21-11-9-17-5-1-3-7-19(17)13-21/h1-16,27-28H. The molecule has 0 aliphatic carbocycles. The van der Waals surface area contributed by atoms with Crippen LogP contribution in [0, 0.1) is 0 Å². The van der Waals surface area contributed by atoms with Gasteiger partial charge in [0.15, 0.2) is 0 Å². The third kappa shape index (κ3) is 2.76. The van der Waals surface area contributed by atoms with E-state index in [-0.39, 0.29) is 11.5 Å². The van der Waals surface area contributed by atoms with Gasteiger partial charge in [0.2, 0.25) is 0 Å². The van der Waals surface area contributed by atoms with E-state index in [1.54, 1.807) is 12.1 Å². The average molecular weight is 362 g/mol. The van der Waals surface area contributed by atoms with Gasteiger partial charge in [-0.05, 0) is 56.9 Å². The highest BCUT2D eigenvalue weighted by Gasteiger charge is 2.13. The molecule has 0 aromatic heterocycles. The van der Waals surface area contributed by atoms with Crippen LogP contribution < -0.4 is 0 Å². The number of rotatable bonds is 2. The number of hydrogen-bond acceptors (Lipinski definition) is 2. The van der Waals surface area contributed by atoms with Crippen molar-refractivity contribution < 1.29 is 10.2 Å². The number of phenolic OH excluding ortho intramolecular Hbond substituents is 2. The molecule has 0 saturated heterocycles. The molecule has 0 aliphatic rings. The van der Waals surface area contributed by atoms with Crippen LogP contribution in [-0.2, 0) is 0 Å². The maximum Gasteiger partial charge on any atom is 0.124 e. The van der Waals surface area contributed by atoms with Crippen molar-refractivity contribution in [3.8, 4) is 33.8 Å². The molecule has 0 spiro atoms. The predicted molar refractivity (Wildman–Crippen MR) is 116 cm³/mol. The molecule has 0 radical (unpaired) electrons. The van der Waals surface area contributed by atoms with Crippen molar-refractivity contribution in [2.75, 3.05) is 0 Å². The van der Waals surface area contributed by atoms with Crippen molar-refractivity contribution in [2.24, 2.45) is 0 Å². The van der Waals surface area contributed by atoms with E-state index in [1.165, 1.54) is 0 Å². The molecule has 2 heteroatoms. The summed E-state index contributed by atoms with van der Waals surface area (Å²) in [4.78, 5) is 0. The van der Waals surface area contributed by atoms with Gasteiger partial charge in [-0.2, -0.15) is 0 Å². The Kier molecular flexibility index (Phi) is 3.77. The van der Waals surface area contributed by atoms with E-state index >= 15 is 0 Å². The summed E-state index contributed by atoms with van der Waals surface area (Å²) in [6, 6.07) is 31.5. The lowest BCUT2D eigenvalue weighted by Gasteiger charge is -2.12. The monoisotopic (exact) mass is 362 g/mol. The van der Waals surface area contributed by atoms with Gasteiger partial charge >= 0.3 is 0 Å². The number of hydrogen-bond donors (Lipinski definition) is 2. The minimum atomic E-state index is 0.149. The van der Waals surface area contributed by atoms with Crippen molar-refractivity contribution in [3.05, 3.63) is 97.1 Å². The van der Waals surface area contributed by atoms with E-state index in [9.17, 15) is 10.2 Å². The molecule has 0 unspecified atom stereocenters. The van der Waals surface area contributed by atoms with Gasteiger partial charge in [-0.25, -0.2) is 0 Å². The van der Waals surface area contributed by atoms with E-state index in [0.29, 0.717) is 11.1 Å². The highest BCUT2D eigenvalue weighted by molar-refractivity contribution is 5.91. The molecule has 2 nitrogen and oxygen atoms in total. The summed E-state index contributed by atoms with van der Waals surface area (Å²) in [6.07, 6.45) is 0. The van der Waals surface area contributed by atoms with Crippen LogP contribution in [0.3, 0.4) is 0 Å². The van der Waals surface area contributed by atoms with Crippen LogP contribution >= 0.6 is 0 Å². The summed E-state index contributed by atoms with van der Waals surface area (Å²) in [5.41, 5.74) is 2.98. The van der Waals surface area contributed by atoms with E-state index in [0.717, 1.165) is 32.7 Å². The van der Waals surface area contributed by atoms with Gasteiger partial charge in [-0.3, -0.25) is 0 Å². The van der Waals surface area contributed by atoms with E-state index in [1.807, 2.05) is 72.8 Å². The molecule has 2 N–H and O–H groups in total. The van der Waals surface area contributed by atoms with Crippen molar-refractivity contribution in [2.45, 2.75) is 0 Å². The summed E-state index contributed by atoms with van der Waals surface area (Å²) < 4.78 is 0. The first-order chi connectivity index (χ1) is 13.7. The highest BCUT2D eigenvalue weighted by atomic mass is 16.3. The number of benzene rings is 5. The first kappa shape index (κ1) is 16.4. The lowest BCUT2D eigenvalue weighted by Crippen LogP contribution is -1.85. The van der Waals surface area contributed by atoms with E-state index < -0.39 is 0 Å². The molecule has 5 aromatic carbocycles. The minimum absolute atomic E-state index is 0.149. The number of fused-ring (bicyclic) bond motifs is 2. The Morgan fingerprint density at radius 2 is 0.786 bits per heavy atom. The third-order valence-electron chi connectivity index (χ3n) is 5.23. The van der Waals surface area contributed by atoms with Crippen LogP contribution in [0.15, 0.2) is 97.1 Å². The Labute approximate surface area is 162 Å². The van der Waals surface area contributed by atoms with Crippen molar-refractivity contribution in [1.82, 2.24) is 0 Å². The van der Waals surface area contributed by atoms with Crippen LogP contribution in [0.5, 0.6) is 11.5 Å². The molecule has 0 fully saturated rings. The smallest absolute Gasteiger partial charge is 0.124 e. The zero-order valence-corrected chi connectivity index (χ0v) is 15.1. The number of phenols is 2. The molecule has 0 saturated carbocycles. The normalized spacial score (nSPS) is 11.1. The van der Waals surface area contributed by atoms with Gasteiger partial charge in [0.05, 0.1) is 0 Å². The van der Waals surface area contributed by atoms with Gasteiger partial charge in [-0.15, -0.1) is 0 Å². The fraction of sp³-hybridized carbons (Fsp3) is 0. The molecule has 0 amide bonds. The summed E-state index contributed by atoms with van der Waals surface area (Å²) in [5.74, 6) is 0.299. The van der Waals surface area contributed by atoms with E-state index in [2.05, 4.69) is 12.1 Å².